The molecule has 28 heteroatoms. The Labute approximate surface area is 684 Å². The van der Waals surface area contributed by atoms with Gasteiger partial charge in [0.25, 0.3) is 35.4 Å². The summed E-state index contributed by atoms with van der Waals surface area (Å²) in [6, 6.07) is 17.0. The first-order valence-electron chi connectivity index (χ1n) is 39.5. The number of anilines is 4. The van der Waals surface area contributed by atoms with Crippen molar-refractivity contribution in [3.8, 4) is 23.0 Å². The molecule has 4 aromatic rings. The first-order valence-corrected chi connectivity index (χ1v) is 39.5. The number of nitrogens with one attached hydrogen (secondary N) is 5. The molecule has 0 spiro atoms. The number of unbranched alkanes of at least 4 members (excludes halogenated alkanes) is 9. The molecule has 0 radical (unpaired) electrons. The van der Waals surface area contributed by atoms with Crippen LogP contribution < -0.4 is 45.5 Å². The maximum absolute atomic E-state index is 13.9. The SMILES string of the molecule is CCCCCCCCCCCCC(Oc1ccc(OC(C)=O)c(C(C)(C)C)c1)C(=O)Nc1ccc(OC(C)C)c(NC(=O)CC(=O)C(C)(C)C)c1.CN1C(=O)OC(C)(C)C1=O.COc1ccc(C)cc1NC(=O)C(C(=O)C(C)(C)C)N1C(=O)NC(C)(C)C1=O.Cc1ccc(C)c(NC(=O)C(C(=O)C(C)(C)C)N2C(=O)OC(C)(C)C2=O)c1. The number of carbonyl (C=O) groups excluding carboxylic acids is 14. The van der Waals surface area contributed by atoms with Crippen LogP contribution in [0.2, 0.25) is 0 Å². The largest absolute Gasteiger partial charge is 0.495 e. The molecule has 116 heavy (non-hydrogen) atoms. The van der Waals surface area contributed by atoms with Gasteiger partial charge in [-0.05, 0) is 166 Å². The fraction of sp³-hybridized carbons (Fsp3) is 0.568. The number of ether oxygens (including phenoxy) is 6. The molecule has 0 aromatic heterocycles. The monoisotopic (exact) mass is 1610 g/mol. The molecule has 3 aliphatic rings. The third-order valence-corrected chi connectivity index (χ3v) is 18.8. The number of esters is 1. The minimum Gasteiger partial charge on any atom is -0.495 e. The Bertz CT molecular complexity index is 4280. The van der Waals surface area contributed by atoms with E-state index in [0.717, 1.165) is 46.4 Å². The summed E-state index contributed by atoms with van der Waals surface area (Å²) in [5.41, 5.74) is -1.43. The van der Waals surface area contributed by atoms with Gasteiger partial charge in [0.05, 0.1) is 31.0 Å². The number of amides is 11. The van der Waals surface area contributed by atoms with Crippen LogP contribution in [0.5, 0.6) is 23.0 Å². The van der Waals surface area contributed by atoms with Crippen molar-refractivity contribution < 1.29 is 95.5 Å². The van der Waals surface area contributed by atoms with Crippen LogP contribution >= 0.6 is 0 Å². The standard InChI is InChI=1S/C42H64N2O7.C20H27N3O5.C20H26N2O5.C6H9NO3/c1-11-12-13-14-15-16-17-18-19-20-21-37(51-32-23-25-35(50-30(4)45)33(27-32)41(5,6)7)40(48)43-31-22-24-36(49-29(2)3)34(26-31)44-39(47)28-38(46)42(8,9)10;1-11-8-9-13(28-7)12(10-11)21-16(25)14(15(24)19(2,3)4)23-17(26)20(5,6)22-18(23)27;1-11-8-9-12(2)13(10-11)21-16(24)14(15(23)19(3,4)5)22-17(25)20(6,7)27-18(22)26;1-6(2)4(8)7(3)5(9)10-6/h22-27,29,37H,11-21,28H2,1-10H3,(H,43,48)(H,44,47);8-10,14H,1-7H3,(H,21,25)(H,22,27);8-10,14H,1-7H3,(H,21,24);1-3H3. The van der Waals surface area contributed by atoms with Crippen LogP contribution in [0, 0.1) is 37.0 Å². The summed E-state index contributed by atoms with van der Waals surface area (Å²) < 4.78 is 32.8. The van der Waals surface area contributed by atoms with E-state index in [1.54, 1.807) is 125 Å². The van der Waals surface area contributed by atoms with Crippen LogP contribution in [0.15, 0.2) is 72.8 Å². The summed E-state index contributed by atoms with van der Waals surface area (Å²) in [6.07, 6.45) is 9.43. The summed E-state index contributed by atoms with van der Waals surface area (Å²) in [5, 5.41) is 13.6. The molecule has 11 amide bonds. The van der Waals surface area contributed by atoms with E-state index in [1.807, 2.05) is 79.7 Å². The fourth-order valence-corrected chi connectivity index (χ4v) is 12.0. The van der Waals surface area contributed by atoms with Crippen molar-refractivity contribution in [2.75, 3.05) is 35.4 Å². The Kier molecular flexibility index (Phi) is 34.4. The lowest BCUT2D eigenvalue weighted by molar-refractivity contribution is -0.145. The molecule has 4 aromatic carbocycles. The Morgan fingerprint density at radius 2 is 1.00 bits per heavy atom. The average molecular weight is 1620 g/mol. The molecule has 0 saturated carbocycles. The highest BCUT2D eigenvalue weighted by atomic mass is 16.6. The number of aryl methyl sites for hydroxylation is 3. The maximum atomic E-state index is 13.9. The highest BCUT2D eigenvalue weighted by molar-refractivity contribution is 6.21. The van der Waals surface area contributed by atoms with Crippen molar-refractivity contribution in [2.45, 2.75) is 297 Å². The first kappa shape index (κ1) is 97.8. The number of imide groups is 3. The molecule has 3 unspecified atom stereocenters. The lowest BCUT2D eigenvalue weighted by Crippen LogP contribution is -2.55. The molecule has 0 aliphatic carbocycles. The van der Waals surface area contributed by atoms with Crippen LogP contribution in [0.4, 0.5) is 37.1 Å². The van der Waals surface area contributed by atoms with Crippen molar-refractivity contribution in [2.24, 2.45) is 16.2 Å². The van der Waals surface area contributed by atoms with E-state index in [9.17, 15) is 67.1 Å². The Morgan fingerprint density at radius 3 is 1.45 bits per heavy atom. The molecule has 3 aliphatic heterocycles. The Morgan fingerprint density at radius 1 is 0.517 bits per heavy atom. The Balaban J connectivity index is 0.000000366. The number of likely N-dealkylation sites (N-methyl/N-ethyl adjacent to an activating group) is 1. The number of nitrogens with zero attached hydrogens (tertiary/aromatic N) is 3. The lowest BCUT2D eigenvalue weighted by Gasteiger charge is -2.29. The van der Waals surface area contributed by atoms with E-state index < -0.39 is 116 Å². The number of hydrogen-bond donors (Lipinski definition) is 5. The molecule has 0 bridgehead atoms. The molecule has 28 nitrogen and oxygen atoms in total. The Hall–Kier alpha value is -10.5. The number of hydrogen-bond acceptors (Lipinski definition) is 20. The molecule has 3 heterocycles. The van der Waals surface area contributed by atoms with Gasteiger partial charge >= 0.3 is 24.2 Å². The second kappa shape index (κ2) is 40.8. The molecule has 3 saturated heterocycles. The number of methoxy groups -OCH3 is 1. The highest BCUT2D eigenvalue weighted by Gasteiger charge is 2.56. The summed E-state index contributed by atoms with van der Waals surface area (Å²) in [5.74, 6) is -3.84. The third-order valence-electron chi connectivity index (χ3n) is 18.8. The summed E-state index contributed by atoms with van der Waals surface area (Å²) >= 11 is 0. The van der Waals surface area contributed by atoms with Gasteiger partial charge in [0.1, 0.15) is 34.3 Å². The lowest BCUT2D eigenvalue weighted by atomic mass is 9.85. The predicted molar refractivity (Wildman–Crippen MR) is 443 cm³/mol. The third kappa shape index (κ3) is 28.1. The average Bonchev–Trinajstić information content (AvgIpc) is 1.61. The van der Waals surface area contributed by atoms with Crippen molar-refractivity contribution >= 4 is 106 Å². The van der Waals surface area contributed by atoms with Gasteiger partial charge in [-0.2, -0.15) is 0 Å². The summed E-state index contributed by atoms with van der Waals surface area (Å²) in [6.45, 7) is 43.1. The second-order valence-corrected chi connectivity index (χ2v) is 35.4. The maximum Gasteiger partial charge on any atom is 0.418 e. The highest BCUT2D eigenvalue weighted by Crippen LogP contribution is 2.38. The summed E-state index contributed by atoms with van der Waals surface area (Å²) in [7, 11) is 2.86. The van der Waals surface area contributed by atoms with Crippen LogP contribution in [0.3, 0.4) is 0 Å². The van der Waals surface area contributed by atoms with Gasteiger partial charge < -0.3 is 55.0 Å². The van der Waals surface area contributed by atoms with Gasteiger partial charge in [0.15, 0.2) is 41.0 Å². The molecule has 3 atom stereocenters. The van der Waals surface area contributed by atoms with E-state index in [1.165, 1.54) is 93.7 Å². The molecule has 3 fully saturated rings. The van der Waals surface area contributed by atoms with Crippen LogP contribution in [-0.4, -0.2) is 153 Å². The zero-order chi connectivity index (χ0) is 88.3. The van der Waals surface area contributed by atoms with Gasteiger partial charge in [0.2, 0.25) is 5.91 Å². The van der Waals surface area contributed by atoms with Crippen molar-refractivity contribution in [3.05, 3.63) is 95.1 Å². The number of benzene rings is 4. The minimum atomic E-state index is -1.60. The van der Waals surface area contributed by atoms with Gasteiger partial charge in [0, 0.05) is 47.2 Å². The van der Waals surface area contributed by atoms with Gasteiger partial charge in [-0.25, -0.2) is 29.1 Å². The first-order chi connectivity index (χ1) is 53.4. The molecular weight excluding hydrogens is 1490 g/mol. The molecule has 5 N–H and O–H groups in total. The number of cyclic esters (lactones) is 2. The zero-order valence-electron chi connectivity index (χ0n) is 73.2. The van der Waals surface area contributed by atoms with Crippen LogP contribution in [-0.2, 0) is 67.6 Å². The number of carbonyl (C=O) groups is 14. The summed E-state index contributed by atoms with van der Waals surface area (Å²) in [4.78, 5) is 177. The van der Waals surface area contributed by atoms with Crippen LogP contribution in [0.25, 0.3) is 0 Å². The van der Waals surface area contributed by atoms with Crippen molar-refractivity contribution in [1.29, 1.82) is 0 Å². The van der Waals surface area contributed by atoms with E-state index in [4.69, 9.17) is 28.4 Å². The number of urea groups is 1. The van der Waals surface area contributed by atoms with Crippen LogP contribution in [0.1, 0.15) is 252 Å². The molecular formula is C88H126N8O20. The van der Waals surface area contributed by atoms with Gasteiger partial charge in [-0.15, -0.1) is 0 Å². The number of ketones is 3. The quantitative estimate of drug-likeness (QED) is 0.0106. The second-order valence-electron chi connectivity index (χ2n) is 35.4. The van der Waals surface area contributed by atoms with E-state index >= 15 is 0 Å². The topological polar surface area (TPSA) is 364 Å². The van der Waals surface area contributed by atoms with E-state index in [-0.39, 0.29) is 35.5 Å². The smallest absolute Gasteiger partial charge is 0.418 e. The van der Waals surface area contributed by atoms with Gasteiger partial charge in [-0.1, -0.05) is 166 Å². The minimum absolute atomic E-state index is 0.165. The normalized spacial score (nSPS) is 15.6. The van der Waals surface area contributed by atoms with E-state index in [0.29, 0.717) is 62.0 Å². The van der Waals surface area contributed by atoms with Crippen molar-refractivity contribution in [1.82, 2.24) is 20.0 Å². The predicted octanol–water partition coefficient (Wildman–Crippen LogP) is 16.0. The molecule has 7 rings (SSSR count). The molecule has 638 valence electrons. The number of Topliss-reactive ketones (excluding diaryl/α,β-unsaturated/α-hetero) is 3. The fourth-order valence-electron chi connectivity index (χ4n) is 12.0. The van der Waals surface area contributed by atoms with Crippen molar-refractivity contribution in [3.63, 3.8) is 0 Å². The number of rotatable bonds is 30. The van der Waals surface area contributed by atoms with Gasteiger partial charge in [-0.3, -0.25) is 52.7 Å². The zero-order valence-corrected chi connectivity index (χ0v) is 73.2. The van der Waals surface area contributed by atoms with E-state index in [2.05, 4.69) is 33.5 Å².